The Morgan fingerprint density at radius 3 is 2.95 bits per heavy atom. The first-order chi connectivity index (χ1) is 10.1. The second-order valence-corrected chi connectivity index (χ2v) is 5.21. The van der Waals surface area contributed by atoms with Crippen molar-refractivity contribution in [2.75, 3.05) is 14.1 Å². The maximum absolute atomic E-state index is 4.36. The zero-order valence-electron chi connectivity index (χ0n) is 13.4. The van der Waals surface area contributed by atoms with Crippen LogP contribution in [0.4, 0.5) is 0 Å². The van der Waals surface area contributed by atoms with Gasteiger partial charge in [-0.2, -0.15) is 0 Å². The average Bonchev–Trinajstić information content (AvgIpc) is 2.72. The van der Waals surface area contributed by atoms with E-state index in [4.69, 9.17) is 0 Å². The Morgan fingerprint density at radius 2 is 2.24 bits per heavy atom. The normalized spacial score (nSPS) is 17.1. The molecule has 1 heterocycles. The summed E-state index contributed by atoms with van der Waals surface area (Å²) in [4.78, 5) is 6.48. The lowest BCUT2D eigenvalue weighted by molar-refractivity contribution is 0.501. The Hall–Kier alpha value is -2.09. The average molecular weight is 282 g/mol. The molecular formula is C19H26N2. The lowest BCUT2D eigenvalue weighted by Gasteiger charge is -2.15. The lowest BCUT2D eigenvalue weighted by Crippen LogP contribution is -2.10. The van der Waals surface area contributed by atoms with Gasteiger partial charge in [-0.25, -0.2) is 0 Å². The van der Waals surface area contributed by atoms with E-state index in [0.717, 1.165) is 18.5 Å². The molecule has 0 spiro atoms. The van der Waals surface area contributed by atoms with Crippen molar-refractivity contribution in [3.05, 3.63) is 72.7 Å². The molecule has 0 N–H and O–H groups in total. The van der Waals surface area contributed by atoms with Crippen LogP contribution in [0.3, 0.4) is 0 Å². The zero-order chi connectivity index (χ0) is 15.5. The van der Waals surface area contributed by atoms with Crippen LogP contribution in [0.25, 0.3) is 0 Å². The summed E-state index contributed by atoms with van der Waals surface area (Å²) in [5, 5.41) is 0. The second kappa shape index (κ2) is 9.76. The molecule has 0 aliphatic carbocycles. The van der Waals surface area contributed by atoms with Crippen LogP contribution in [0.5, 0.6) is 0 Å². The van der Waals surface area contributed by atoms with Crippen molar-refractivity contribution in [2.24, 2.45) is 10.9 Å². The van der Waals surface area contributed by atoms with Crippen LogP contribution >= 0.6 is 0 Å². The van der Waals surface area contributed by atoms with Gasteiger partial charge in [-0.05, 0) is 30.6 Å². The van der Waals surface area contributed by atoms with Crippen molar-refractivity contribution in [3.63, 3.8) is 0 Å². The summed E-state index contributed by atoms with van der Waals surface area (Å²) in [6.45, 7) is 5.93. The van der Waals surface area contributed by atoms with Gasteiger partial charge in [-0.1, -0.05) is 50.0 Å². The van der Waals surface area contributed by atoms with E-state index in [1.54, 1.807) is 0 Å². The number of aliphatic imine (C=N–C) groups is 1. The molecule has 1 aliphatic heterocycles. The third kappa shape index (κ3) is 7.31. The van der Waals surface area contributed by atoms with Gasteiger partial charge in [-0.15, -0.1) is 0 Å². The van der Waals surface area contributed by atoms with E-state index in [2.05, 4.69) is 73.9 Å². The summed E-state index contributed by atoms with van der Waals surface area (Å²) < 4.78 is 0. The van der Waals surface area contributed by atoms with E-state index in [9.17, 15) is 0 Å². The maximum Gasteiger partial charge on any atom is 0.0589 e. The van der Waals surface area contributed by atoms with E-state index >= 15 is 0 Å². The van der Waals surface area contributed by atoms with E-state index in [0.29, 0.717) is 5.92 Å². The zero-order valence-corrected chi connectivity index (χ0v) is 13.4. The Balaban J connectivity index is 2.51. The minimum Gasteiger partial charge on any atom is -0.381 e. The molecule has 0 aromatic heterocycles. The summed E-state index contributed by atoms with van der Waals surface area (Å²) in [6.07, 6.45) is 22.5. The molecule has 2 nitrogen and oxygen atoms in total. The minimum absolute atomic E-state index is 0.393. The van der Waals surface area contributed by atoms with Crippen LogP contribution in [-0.2, 0) is 0 Å². The van der Waals surface area contributed by atoms with E-state index in [1.165, 1.54) is 5.70 Å². The molecule has 1 rings (SSSR count). The summed E-state index contributed by atoms with van der Waals surface area (Å²) in [6, 6.07) is 0. The fourth-order valence-corrected chi connectivity index (χ4v) is 1.87. The van der Waals surface area contributed by atoms with Crippen LogP contribution in [0.1, 0.15) is 19.8 Å². The molecule has 0 fully saturated rings. The van der Waals surface area contributed by atoms with Gasteiger partial charge < -0.3 is 4.90 Å². The van der Waals surface area contributed by atoms with Crippen molar-refractivity contribution in [2.45, 2.75) is 19.8 Å². The third-order valence-electron chi connectivity index (χ3n) is 3.13. The molecule has 0 radical (unpaired) electrons. The molecule has 112 valence electrons. The number of allylic oxidation sites excluding steroid dienone is 9. The van der Waals surface area contributed by atoms with E-state index < -0.39 is 0 Å². The van der Waals surface area contributed by atoms with Crippen LogP contribution in [-0.4, -0.2) is 25.2 Å². The highest BCUT2D eigenvalue weighted by Gasteiger charge is 1.97. The second-order valence-electron chi connectivity index (χ2n) is 5.21. The molecule has 0 aromatic rings. The molecule has 21 heavy (non-hydrogen) atoms. The fourth-order valence-electron chi connectivity index (χ4n) is 1.87. The SMILES string of the molecule is C=C/C=C(\C/C=C\C(C)/C=C/C1=CCC=CC=N1)N(C)C. The van der Waals surface area contributed by atoms with Crippen molar-refractivity contribution >= 4 is 6.21 Å². The number of hydrogen-bond acceptors (Lipinski definition) is 2. The summed E-state index contributed by atoms with van der Waals surface area (Å²) >= 11 is 0. The highest BCUT2D eigenvalue weighted by atomic mass is 15.1. The largest absolute Gasteiger partial charge is 0.381 e. The number of nitrogens with zero attached hydrogens (tertiary/aromatic N) is 2. The first-order valence-electron chi connectivity index (χ1n) is 7.36. The Kier molecular flexibility index (Phi) is 7.88. The van der Waals surface area contributed by atoms with Gasteiger partial charge in [0.1, 0.15) is 0 Å². The van der Waals surface area contributed by atoms with Gasteiger partial charge in [0.15, 0.2) is 0 Å². The molecule has 1 aliphatic rings. The molecule has 0 saturated heterocycles. The van der Waals surface area contributed by atoms with Crippen molar-refractivity contribution < 1.29 is 0 Å². The Morgan fingerprint density at radius 1 is 1.43 bits per heavy atom. The van der Waals surface area contributed by atoms with Crippen LogP contribution < -0.4 is 0 Å². The predicted octanol–water partition coefficient (Wildman–Crippen LogP) is 4.67. The monoisotopic (exact) mass is 282 g/mol. The predicted molar refractivity (Wildman–Crippen MR) is 94.4 cm³/mol. The smallest absolute Gasteiger partial charge is 0.0589 e. The van der Waals surface area contributed by atoms with Gasteiger partial charge in [0.25, 0.3) is 0 Å². The van der Waals surface area contributed by atoms with Gasteiger partial charge in [0.2, 0.25) is 0 Å². The first kappa shape index (κ1) is 17.0. The summed E-state index contributed by atoms with van der Waals surface area (Å²) in [5.74, 6) is 0.393. The quantitative estimate of drug-likeness (QED) is 0.489. The molecule has 2 heteroatoms. The highest BCUT2D eigenvalue weighted by molar-refractivity contribution is 5.73. The highest BCUT2D eigenvalue weighted by Crippen LogP contribution is 2.10. The minimum atomic E-state index is 0.393. The van der Waals surface area contributed by atoms with Crippen molar-refractivity contribution in [3.8, 4) is 0 Å². The Labute approximate surface area is 129 Å². The van der Waals surface area contributed by atoms with Gasteiger partial charge in [0, 0.05) is 32.4 Å². The van der Waals surface area contributed by atoms with Crippen LogP contribution in [0.15, 0.2) is 77.6 Å². The molecule has 0 saturated carbocycles. The van der Waals surface area contributed by atoms with Gasteiger partial charge in [0.05, 0.1) is 5.70 Å². The summed E-state index contributed by atoms with van der Waals surface area (Å²) in [7, 11) is 4.11. The van der Waals surface area contributed by atoms with E-state index in [-0.39, 0.29) is 0 Å². The fraction of sp³-hybridized carbons (Fsp3) is 0.316. The molecule has 0 bridgehead atoms. The van der Waals surface area contributed by atoms with Crippen LogP contribution in [0, 0.1) is 5.92 Å². The van der Waals surface area contributed by atoms with Crippen molar-refractivity contribution in [1.82, 2.24) is 4.90 Å². The van der Waals surface area contributed by atoms with E-state index in [1.807, 2.05) is 24.4 Å². The molecular weight excluding hydrogens is 256 g/mol. The topological polar surface area (TPSA) is 15.6 Å². The number of hydrogen-bond donors (Lipinski definition) is 0. The Bertz CT molecular complexity index is 500. The maximum atomic E-state index is 4.36. The molecule has 0 aromatic carbocycles. The van der Waals surface area contributed by atoms with Gasteiger partial charge >= 0.3 is 0 Å². The third-order valence-corrected chi connectivity index (χ3v) is 3.13. The van der Waals surface area contributed by atoms with Crippen LogP contribution in [0.2, 0.25) is 0 Å². The standard InChI is InChI=1S/C19H26N2/c1-5-10-19(21(3)4)13-9-11-17(2)14-15-18-12-7-6-8-16-20-18/h5-6,8-12,14-17H,1,7,13H2,2-4H3/b11-9-,15-14+,19-10+. The van der Waals surface area contributed by atoms with Gasteiger partial charge in [-0.3, -0.25) is 4.99 Å². The first-order valence-corrected chi connectivity index (χ1v) is 7.36. The molecule has 1 atom stereocenters. The molecule has 0 amide bonds. The summed E-state index contributed by atoms with van der Waals surface area (Å²) in [5.41, 5.74) is 2.28. The number of rotatable bonds is 7. The molecule has 1 unspecified atom stereocenters. The lowest BCUT2D eigenvalue weighted by atomic mass is 10.1. The van der Waals surface area contributed by atoms with Crippen molar-refractivity contribution in [1.29, 1.82) is 0 Å².